The first kappa shape index (κ1) is 14.6. The molecule has 1 aromatic heterocycles. The molecule has 4 nitrogen and oxygen atoms in total. The molecule has 0 aliphatic heterocycles. The van der Waals surface area contributed by atoms with Crippen molar-refractivity contribution in [2.45, 2.75) is 6.92 Å². The van der Waals surface area contributed by atoms with Crippen molar-refractivity contribution >= 4 is 40.5 Å². The van der Waals surface area contributed by atoms with Gasteiger partial charge in [0.15, 0.2) is 6.61 Å². The van der Waals surface area contributed by atoms with Gasteiger partial charge in [-0.15, -0.1) is 11.3 Å². The predicted octanol–water partition coefficient (Wildman–Crippen LogP) is 3.51. The third-order valence-electron chi connectivity index (χ3n) is 2.51. The fraction of sp³-hybridized carbons (Fsp3) is 0.143. The molecule has 104 valence electrons. The van der Waals surface area contributed by atoms with Crippen LogP contribution in [0, 0.1) is 6.92 Å². The lowest BCUT2D eigenvalue weighted by atomic mass is 10.3. The summed E-state index contributed by atoms with van der Waals surface area (Å²) in [5, 5.41) is 5.00. The summed E-state index contributed by atoms with van der Waals surface area (Å²) in [4.78, 5) is 23.9. The highest BCUT2D eigenvalue weighted by Crippen LogP contribution is 2.17. The molecule has 0 spiro atoms. The summed E-state index contributed by atoms with van der Waals surface area (Å²) in [6, 6.07) is 8.50. The van der Waals surface area contributed by atoms with E-state index >= 15 is 0 Å². The van der Waals surface area contributed by atoms with Crippen LogP contribution in [0.25, 0.3) is 0 Å². The van der Waals surface area contributed by atoms with Gasteiger partial charge < -0.3 is 10.1 Å². The molecule has 0 fully saturated rings. The molecule has 1 amide bonds. The van der Waals surface area contributed by atoms with E-state index in [0.717, 1.165) is 5.56 Å². The number of carbonyl (C=O) groups is 2. The number of rotatable bonds is 4. The zero-order chi connectivity index (χ0) is 14.5. The minimum absolute atomic E-state index is 0.321. The molecule has 1 heterocycles. The number of halogens is 1. The van der Waals surface area contributed by atoms with Crippen molar-refractivity contribution < 1.29 is 14.3 Å². The van der Waals surface area contributed by atoms with Gasteiger partial charge in [-0.2, -0.15) is 0 Å². The van der Waals surface area contributed by atoms with E-state index in [2.05, 4.69) is 5.32 Å². The van der Waals surface area contributed by atoms with Crippen molar-refractivity contribution in [1.82, 2.24) is 0 Å². The molecule has 0 aliphatic rings. The molecule has 1 N–H and O–H groups in total. The van der Waals surface area contributed by atoms with Crippen molar-refractivity contribution in [3.05, 3.63) is 51.2 Å². The van der Waals surface area contributed by atoms with Gasteiger partial charge in [-0.1, -0.05) is 11.6 Å². The maximum Gasteiger partial charge on any atom is 0.349 e. The minimum Gasteiger partial charge on any atom is -0.451 e. The third-order valence-corrected chi connectivity index (χ3v) is 3.76. The summed E-state index contributed by atoms with van der Waals surface area (Å²) in [7, 11) is 0. The summed E-state index contributed by atoms with van der Waals surface area (Å²) in [5.41, 5.74) is 1.45. The lowest BCUT2D eigenvalue weighted by molar-refractivity contribution is -0.119. The summed E-state index contributed by atoms with van der Waals surface area (Å²) < 4.78 is 4.96. The average molecular weight is 310 g/mol. The van der Waals surface area contributed by atoms with Gasteiger partial charge in [0, 0.05) is 10.7 Å². The topological polar surface area (TPSA) is 55.4 Å². The molecule has 2 rings (SSSR count). The third kappa shape index (κ3) is 3.82. The molecule has 0 aliphatic carbocycles. The number of benzene rings is 1. The fourth-order valence-electron chi connectivity index (χ4n) is 1.51. The maximum absolute atomic E-state index is 11.7. The first-order chi connectivity index (χ1) is 9.56. The van der Waals surface area contributed by atoms with Crippen molar-refractivity contribution in [2.24, 2.45) is 0 Å². The highest BCUT2D eigenvalue weighted by molar-refractivity contribution is 7.12. The van der Waals surface area contributed by atoms with Gasteiger partial charge in [-0.25, -0.2) is 4.79 Å². The van der Waals surface area contributed by atoms with Crippen LogP contribution in [0.5, 0.6) is 0 Å². The van der Waals surface area contributed by atoms with Crippen LogP contribution in [0.4, 0.5) is 5.69 Å². The Morgan fingerprint density at radius 2 is 1.95 bits per heavy atom. The van der Waals surface area contributed by atoms with E-state index in [9.17, 15) is 9.59 Å². The number of hydrogen-bond acceptors (Lipinski definition) is 4. The molecular formula is C14H12ClNO3S. The fourth-order valence-corrected chi connectivity index (χ4v) is 2.45. The van der Waals surface area contributed by atoms with Gasteiger partial charge in [0.05, 0.1) is 0 Å². The van der Waals surface area contributed by atoms with E-state index in [-0.39, 0.29) is 6.61 Å². The largest absolute Gasteiger partial charge is 0.451 e. The molecule has 20 heavy (non-hydrogen) atoms. The van der Waals surface area contributed by atoms with Crippen LogP contribution in [-0.2, 0) is 9.53 Å². The first-order valence-corrected chi connectivity index (χ1v) is 7.08. The van der Waals surface area contributed by atoms with Crippen LogP contribution >= 0.6 is 22.9 Å². The Hall–Kier alpha value is -1.85. The Morgan fingerprint density at radius 3 is 2.55 bits per heavy atom. The summed E-state index contributed by atoms with van der Waals surface area (Å²) in [5.74, 6) is -0.876. The molecule has 0 unspecified atom stereocenters. The first-order valence-electron chi connectivity index (χ1n) is 5.83. The number of esters is 1. The maximum atomic E-state index is 11.7. The average Bonchev–Trinajstić information content (AvgIpc) is 2.85. The van der Waals surface area contributed by atoms with E-state index in [0.29, 0.717) is 15.6 Å². The lowest BCUT2D eigenvalue weighted by Crippen LogP contribution is -2.20. The molecule has 0 saturated heterocycles. The molecule has 1 aromatic carbocycles. The molecule has 0 bridgehead atoms. The molecule has 0 radical (unpaired) electrons. The Balaban J connectivity index is 1.85. The van der Waals surface area contributed by atoms with Gasteiger partial charge in [-0.05, 0) is 48.2 Å². The van der Waals surface area contributed by atoms with Gasteiger partial charge in [0.25, 0.3) is 5.91 Å². The Labute approximate surface area is 125 Å². The number of nitrogens with one attached hydrogen (secondary N) is 1. The number of anilines is 1. The second-order valence-electron chi connectivity index (χ2n) is 4.06. The van der Waals surface area contributed by atoms with E-state index in [1.807, 2.05) is 13.0 Å². The highest BCUT2D eigenvalue weighted by atomic mass is 35.5. The highest BCUT2D eigenvalue weighted by Gasteiger charge is 2.13. The van der Waals surface area contributed by atoms with Crippen molar-refractivity contribution in [3.8, 4) is 0 Å². The van der Waals surface area contributed by atoms with E-state index in [1.165, 1.54) is 11.3 Å². The number of thiophene rings is 1. The number of amides is 1. The standard InChI is InChI=1S/C14H12ClNO3S/c1-9-6-7-20-13(9)14(18)19-8-12(17)16-11-4-2-10(15)3-5-11/h2-7H,8H2,1H3,(H,16,17). The molecule has 0 saturated carbocycles. The van der Waals surface area contributed by atoms with Gasteiger partial charge in [0.1, 0.15) is 4.88 Å². The number of aryl methyl sites for hydroxylation is 1. The molecule has 0 atom stereocenters. The second kappa shape index (κ2) is 6.54. The van der Waals surface area contributed by atoms with E-state index in [4.69, 9.17) is 16.3 Å². The van der Waals surface area contributed by atoms with Crippen molar-refractivity contribution in [3.63, 3.8) is 0 Å². The Kier molecular flexibility index (Phi) is 4.76. The number of ether oxygens (including phenoxy) is 1. The van der Waals surface area contributed by atoms with Crippen LogP contribution in [0.15, 0.2) is 35.7 Å². The van der Waals surface area contributed by atoms with Crippen LogP contribution in [0.1, 0.15) is 15.2 Å². The summed E-state index contributed by atoms with van der Waals surface area (Å²) in [6.07, 6.45) is 0. The smallest absolute Gasteiger partial charge is 0.349 e. The molecule has 2 aromatic rings. The zero-order valence-electron chi connectivity index (χ0n) is 10.7. The van der Waals surface area contributed by atoms with Crippen molar-refractivity contribution in [1.29, 1.82) is 0 Å². The predicted molar refractivity (Wildman–Crippen MR) is 79.4 cm³/mol. The summed E-state index contributed by atoms with van der Waals surface area (Å²) in [6.45, 7) is 1.50. The normalized spacial score (nSPS) is 10.1. The van der Waals surface area contributed by atoms with Crippen molar-refractivity contribution in [2.75, 3.05) is 11.9 Å². The van der Waals surface area contributed by atoms with Crippen LogP contribution in [0.3, 0.4) is 0 Å². The lowest BCUT2D eigenvalue weighted by Gasteiger charge is -2.06. The van der Waals surface area contributed by atoms with Gasteiger partial charge in [0.2, 0.25) is 0 Å². The molecular weight excluding hydrogens is 298 g/mol. The SMILES string of the molecule is Cc1ccsc1C(=O)OCC(=O)Nc1ccc(Cl)cc1. The van der Waals surface area contributed by atoms with Crippen LogP contribution < -0.4 is 5.32 Å². The van der Waals surface area contributed by atoms with E-state index in [1.54, 1.807) is 29.6 Å². The van der Waals surface area contributed by atoms with E-state index < -0.39 is 11.9 Å². The minimum atomic E-state index is -0.483. The Bertz CT molecular complexity index is 622. The van der Waals surface area contributed by atoms with Crippen LogP contribution in [0.2, 0.25) is 5.02 Å². The van der Waals surface area contributed by atoms with Gasteiger partial charge >= 0.3 is 5.97 Å². The number of carbonyl (C=O) groups excluding carboxylic acids is 2. The number of hydrogen-bond donors (Lipinski definition) is 1. The monoisotopic (exact) mass is 309 g/mol. The van der Waals surface area contributed by atoms with Gasteiger partial charge in [-0.3, -0.25) is 4.79 Å². The van der Waals surface area contributed by atoms with Crippen LogP contribution in [-0.4, -0.2) is 18.5 Å². The summed E-state index contributed by atoms with van der Waals surface area (Å²) >= 11 is 7.04. The second-order valence-corrected chi connectivity index (χ2v) is 5.42. The zero-order valence-corrected chi connectivity index (χ0v) is 12.3. The quantitative estimate of drug-likeness (QED) is 0.879. The molecule has 6 heteroatoms. The Morgan fingerprint density at radius 1 is 1.25 bits per heavy atom.